The fourth-order valence-electron chi connectivity index (χ4n) is 15.2. The van der Waals surface area contributed by atoms with Gasteiger partial charge in [-0.05, 0) is 134 Å². The van der Waals surface area contributed by atoms with Gasteiger partial charge in [-0.3, -0.25) is 0 Å². The zero-order valence-electron chi connectivity index (χ0n) is 59.3. The summed E-state index contributed by atoms with van der Waals surface area (Å²) in [7, 11) is 0. The van der Waals surface area contributed by atoms with E-state index in [2.05, 4.69) is 299 Å². The van der Waals surface area contributed by atoms with Gasteiger partial charge < -0.3 is 18.9 Å². The second kappa shape index (κ2) is 22.2. The molecule has 0 fully saturated rings. The molecule has 0 unspecified atom stereocenters. The van der Waals surface area contributed by atoms with Crippen molar-refractivity contribution in [3.05, 3.63) is 358 Å². The van der Waals surface area contributed by atoms with Crippen molar-refractivity contribution in [2.45, 2.75) is 0 Å². The van der Waals surface area contributed by atoms with Crippen molar-refractivity contribution >= 4 is 101 Å². The summed E-state index contributed by atoms with van der Waals surface area (Å²) in [6.07, 6.45) is 0. The number of rotatable bonds is 10. The first kappa shape index (κ1) is 46.6. The van der Waals surface area contributed by atoms with Crippen LogP contribution in [-0.2, 0) is 0 Å². The molecule has 15 aromatic carbocycles. The third-order valence-corrected chi connectivity index (χ3v) is 19.3. The molecule has 5 heteroatoms. The first-order valence-corrected chi connectivity index (χ1v) is 32.2. The van der Waals surface area contributed by atoms with Crippen LogP contribution in [0.15, 0.2) is 358 Å². The molecular formula is C90H59BN4. The maximum atomic E-state index is 9.76. The van der Waals surface area contributed by atoms with E-state index in [1.807, 2.05) is 24.3 Å². The number of hydrogen-bond acceptors (Lipinski definition) is 2. The molecule has 442 valence electrons. The Labute approximate surface area is 563 Å². The monoisotopic (exact) mass is 1210 g/mol. The van der Waals surface area contributed by atoms with Gasteiger partial charge in [-0.15, -0.1) is 0 Å². The van der Waals surface area contributed by atoms with Crippen LogP contribution in [0.3, 0.4) is 0 Å². The Hall–Kier alpha value is -12.4. The van der Waals surface area contributed by atoms with E-state index >= 15 is 0 Å². The van der Waals surface area contributed by atoms with Crippen molar-refractivity contribution in [2.75, 3.05) is 9.80 Å². The summed E-state index contributed by atoms with van der Waals surface area (Å²) in [5.41, 5.74) is 24.3. The summed E-state index contributed by atoms with van der Waals surface area (Å²) in [6, 6.07) is 106. The molecule has 4 heterocycles. The molecule has 4 nitrogen and oxygen atoms in total. The van der Waals surface area contributed by atoms with Crippen molar-refractivity contribution in [2.24, 2.45) is 0 Å². The molecule has 2 aliphatic heterocycles. The van der Waals surface area contributed by atoms with E-state index in [1.54, 1.807) is 4.57 Å². The molecule has 0 spiro atoms. The smallest absolute Gasteiger partial charge is 0.252 e. The molecule has 19 rings (SSSR count). The van der Waals surface area contributed by atoms with Crippen LogP contribution >= 0.6 is 0 Å². The van der Waals surface area contributed by atoms with E-state index in [0.717, 1.165) is 145 Å². The Morgan fingerprint density at radius 3 is 1.17 bits per heavy atom. The van der Waals surface area contributed by atoms with Gasteiger partial charge in [0, 0.05) is 77.9 Å². The van der Waals surface area contributed by atoms with Crippen molar-refractivity contribution in [1.29, 1.82) is 0 Å². The Morgan fingerprint density at radius 2 is 0.642 bits per heavy atom. The number of aromatic nitrogens is 2. The summed E-state index contributed by atoms with van der Waals surface area (Å²) < 4.78 is 78.9. The van der Waals surface area contributed by atoms with E-state index in [-0.39, 0.29) is 33.9 Å². The Morgan fingerprint density at radius 1 is 0.242 bits per heavy atom. The minimum absolute atomic E-state index is 0.00899. The second-order valence-corrected chi connectivity index (χ2v) is 24.5. The molecule has 0 amide bonds. The van der Waals surface area contributed by atoms with Crippen LogP contribution in [0, 0.1) is 0 Å². The molecule has 2 aromatic heterocycles. The van der Waals surface area contributed by atoms with Gasteiger partial charge in [0.1, 0.15) is 0 Å². The molecule has 0 saturated heterocycles. The highest BCUT2D eigenvalue weighted by Crippen LogP contribution is 2.54. The van der Waals surface area contributed by atoms with Crippen molar-refractivity contribution in [1.82, 2.24) is 9.13 Å². The minimum Gasteiger partial charge on any atom is -0.310 e. The van der Waals surface area contributed by atoms with Crippen molar-refractivity contribution in [3.8, 4) is 78.1 Å². The van der Waals surface area contributed by atoms with Gasteiger partial charge in [0.25, 0.3) is 6.71 Å². The number of para-hydroxylation sites is 6. The molecule has 2 aliphatic rings. The highest BCUT2D eigenvalue weighted by molar-refractivity contribution is 7.00. The van der Waals surface area contributed by atoms with Gasteiger partial charge in [-0.1, -0.05) is 285 Å². The maximum absolute atomic E-state index is 9.76. The molecular weight excluding hydrogens is 1150 g/mol. The van der Waals surface area contributed by atoms with Crippen LogP contribution in [0.5, 0.6) is 0 Å². The molecule has 0 aliphatic carbocycles. The van der Waals surface area contributed by atoms with E-state index < -0.39 is 43.0 Å². The average molecular weight is 1220 g/mol. The Balaban J connectivity index is 0.978. The Bertz CT molecular complexity index is 6160. The van der Waals surface area contributed by atoms with Crippen LogP contribution in [0.4, 0.5) is 34.1 Å². The normalized spacial score (nSPS) is 13.5. The predicted octanol–water partition coefficient (Wildman–Crippen LogP) is 22.0. The minimum atomic E-state index is -0.500. The first-order valence-electron chi connectivity index (χ1n) is 36.2. The standard InChI is InChI=1S/C90H59BN4/c1-7-27-60(28-8-1)67-57-86-88-87(58-67)95(90-72(63-33-13-4-14-34-63)44-26-45-73(90)64-35-15-5-16-36-64)85-59-69(93-80-46-22-19-39-74(80)75-40-20-23-47-81(75)93)51-53-79(85)91(88)78-52-49-66(65-50-54-83-77(55-65)76-41-21-24-48-82(76)92(83)68-37-17-6-18-38-68)56-84(78)94(86)89-70(61-29-9-2-10-30-61)42-25-43-71(89)62-31-11-3-12-32-62/h1-59H/i19D,20D,22D,23D,39D,40D,46D,47D. The van der Waals surface area contributed by atoms with Crippen LogP contribution in [-0.4, -0.2) is 15.8 Å². The largest absolute Gasteiger partial charge is 0.310 e. The fourth-order valence-corrected chi connectivity index (χ4v) is 15.2. The maximum Gasteiger partial charge on any atom is 0.252 e. The van der Waals surface area contributed by atoms with Crippen LogP contribution < -0.4 is 26.2 Å². The summed E-state index contributed by atoms with van der Waals surface area (Å²) in [6.45, 7) is -0.484. The van der Waals surface area contributed by atoms with Crippen LogP contribution in [0.25, 0.3) is 122 Å². The predicted molar refractivity (Wildman–Crippen MR) is 402 cm³/mol. The Kier molecular flexibility index (Phi) is 10.9. The lowest BCUT2D eigenvalue weighted by Crippen LogP contribution is -2.61. The van der Waals surface area contributed by atoms with Gasteiger partial charge in [-0.2, -0.15) is 0 Å². The van der Waals surface area contributed by atoms with Crippen LogP contribution in [0.2, 0.25) is 0 Å². The summed E-state index contributed by atoms with van der Waals surface area (Å²) in [4.78, 5) is 4.95. The summed E-state index contributed by atoms with van der Waals surface area (Å²) in [5.74, 6) is 0. The third kappa shape index (κ3) is 8.70. The molecule has 0 atom stereocenters. The lowest BCUT2D eigenvalue weighted by atomic mass is 9.33. The van der Waals surface area contributed by atoms with Gasteiger partial charge in [0.05, 0.1) is 44.4 Å². The van der Waals surface area contributed by atoms with Gasteiger partial charge in [0.2, 0.25) is 0 Å². The van der Waals surface area contributed by atoms with Crippen LogP contribution in [0.1, 0.15) is 11.0 Å². The average Bonchev–Trinajstić information content (AvgIpc) is 1.38. The third-order valence-electron chi connectivity index (χ3n) is 19.3. The fraction of sp³-hybridized carbons (Fsp3) is 0. The lowest BCUT2D eigenvalue weighted by molar-refractivity contribution is 1.17. The quantitative estimate of drug-likeness (QED) is 0.127. The van der Waals surface area contributed by atoms with Gasteiger partial charge in [0.15, 0.2) is 0 Å². The molecule has 0 bridgehead atoms. The van der Waals surface area contributed by atoms with Gasteiger partial charge in [-0.25, -0.2) is 0 Å². The number of hydrogen-bond donors (Lipinski definition) is 0. The summed E-state index contributed by atoms with van der Waals surface area (Å²) in [5, 5.41) is 2.30. The van der Waals surface area contributed by atoms with E-state index in [4.69, 9.17) is 2.74 Å². The van der Waals surface area contributed by atoms with Crippen molar-refractivity contribution < 1.29 is 11.0 Å². The van der Waals surface area contributed by atoms with E-state index in [1.165, 1.54) is 0 Å². The highest BCUT2D eigenvalue weighted by Gasteiger charge is 2.46. The highest BCUT2D eigenvalue weighted by atomic mass is 15.2. The molecule has 95 heavy (non-hydrogen) atoms. The SMILES string of the molecule is [2H]c1c([2H])c([2H])c2c(c1[2H])c1c([2H])c([2H])c([2H])c([2H])c1n2-c1ccc2c(c1)N(c1c(-c3ccccc3)cccc1-c1ccccc1)c1cc(-c3ccccc3)cc3c1B2c1ccc(-c2ccc4c(c2)c2ccccc2n4-c2ccccc2)cc1N3c1c(-c2ccccc2)cccc1-c1ccccc1. The van der Waals surface area contributed by atoms with E-state index in [0.29, 0.717) is 5.69 Å². The molecule has 0 N–H and O–H groups in total. The summed E-state index contributed by atoms with van der Waals surface area (Å²) >= 11 is 0. The van der Waals surface area contributed by atoms with Gasteiger partial charge >= 0.3 is 0 Å². The zero-order chi connectivity index (χ0) is 69.5. The molecule has 0 saturated carbocycles. The number of benzene rings is 15. The molecule has 17 aromatic rings. The number of fused-ring (bicyclic) bond motifs is 10. The number of anilines is 6. The van der Waals surface area contributed by atoms with E-state index in [9.17, 15) is 8.22 Å². The topological polar surface area (TPSA) is 16.3 Å². The molecule has 0 radical (unpaired) electrons. The first-order chi connectivity index (χ1) is 50.5. The number of nitrogens with zero attached hydrogens (tertiary/aromatic N) is 4. The van der Waals surface area contributed by atoms with Crippen molar-refractivity contribution in [3.63, 3.8) is 0 Å². The zero-order valence-corrected chi connectivity index (χ0v) is 51.3. The lowest BCUT2D eigenvalue weighted by Gasteiger charge is -2.46. The second-order valence-electron chi connectivity index (χ2n) is 24.5.